The molecule has 0 atom stereocenters. The molecule has 3 rings (SSSR count). The molecule has 1 aliphatic carbocycles. The molecule has 1 heterocycles. The highest BCUT2D eigenvalue weighted by atomic mass is 79.9. The molecule has 4 heteroatoms. The van der Waals surface area contributed by atoms with E-state index >= 15 is 0 Å². The van der Waals surface area contributed by atoms with E-state index in [0.29, 0.717) is 11.9 Å². The van der Waals surface area contributed by atoms with Crippen molar-refractivity contribution in [3.8, 4) is 0 Å². The Kier molecular flexibility index (Phi) is 2.74. The molecule has 1 aliphatic rings. The molecule has 0 amide bonds. The highest BCUT2D eigenvalue weighted by Crippen LogP contribution is 2.36. The third-order valence-electron chi connectivity index (χ3n) is 3.45. The van der Waals surface area contributed by atoms with Gasteiger partial charge in [0.2, 0.25) is 5.95 Å². The number of anilines is 1. The van der Waals surface area contributed by atoms with Gasteiger partial charge in [0.15, 0.2) is 0 Å². The monoisotopic (exact) mass is 291 g/mol. The molecule has 2 aromatic rings. The SMILES string of the molecule is Nc1nc(C2CCCC2)c2ccc(Br)cc2n1. The first-order valence-electron chi connectivity index (χ1n) is 5.97. The first-order valence-corrected chi connectivity index (χ1v) is 6.76. The maximum absolute atomic E-state index is 5.80. The van der Waals surface area contributed by atoms with Crippen molar-refractivity contribution >= 4 is 32.8 Å². The molecule has 0 spiro atoms. The fraction of sp³-hybridized carbons (Fsp3) is 0.385. The number of benzene rings is 1. The normalized spacial score (nSPS) is 16.8. The number of hydrogen-bond acceptors (Lipinski definition) is 3. The zero-order valence-electron chi connectivity index (χ0n) is 9.49. The first-order chi connectivity index (χ1) is 8.24. The summed E-state index contributed by atoms with van der Waals surface area (Å²) >= 11 is 3.46. The minimum atomic E-state index is 0.387. The molecule has 1 fully saturated rings. The molecule has 0 saturated heterocycles. The molecule has 1 aromatic heterocycles. The molecule has 0 aliphatic heterocycles. The van der Waals surface area contributed by atoms with Crippen LogP contribution in [0, 0.1) is 0 Å². The number of nitrogens with two attached hydrogens (primary N) is 1. The van der Waals surface area contributed by atoms with E-state index < -0.39 is 0 Å². The number of hydrogen-bond donors (Lipinski definition) is 1. The van der Waals surface area contributed by atoms with Gasteiger partial charge in [-0.25, -0.2) is 9.97 Å². The lowest BCUT2D eigenvalue weighted by Gasteiger charge is -2.12. The molecule has 1 saturated carbocycles. The van der Waals surface area contributed by atoms with Crippen molar-refractivity contribution in [3.63, 3.8) is 0 Å². The minimum Gasteiger partial charge on any atom is -0.368 e. The van der Waals surface area contributed by atoms with Gasteiger partial charge in [-0.2, -0.15) is 0 Å². The summed E-state index contributed by atoms with van der Waals surface area (Å²) in [6.07, 6.45) is 5.04. The third-order valence-corrected chi connectivity index (χ3v) is 3.94. The van der Waals surface area contributed by atoms with Gasteiger partial charge in [0, 0.05) is 15.8 Å². The van der Waals surface area contributed by atoms with Gasteiger partial charge < -0.3 is 5.73 Å². The summed E-state index contributed by atoms with van der Waals surface area (Å²) in [6.45, 7) is 0. The van der Waals surface area contributed by atoms with Crippen LogP contribution in [-0.4, -0.2) is 9.97 Å². The largest absolute Gasteiger partial charge is 0.368 e. The van der Waals surface area contributed by atoms with Crippen molar-refractivity contribution in [3.05, 3.63) is 28.4 Å². The van der Waals surface area contributed by atoms with Crippen LogP contribution < -0.4 is 5.73 Å². The van der Waals surface area contributed by atoms with Crippen LogP contribution in [-0.2, 0) is 0 Å². The summed E-state index contributed by atoms with van der Waals surface area (Å²) in [5.41, 5.74) is 7.88. The van der Waals surface area contributed by atoms with Crippen LogP contribution in [0.4, 0.5) is 5.95 Å². The minimum absolute atomic E-state index is 0.387. The Morgan fingerprint density at radius 1 is 1.18 bits per heavy atom. The molecule has 88 valence electrons. The molecular formula is C13H14BrN3. The molecule has 0 radical (unpaired) electrons. The average Bonchev–Trinajstić information content (AvgIpc) is 2.80. The second-order valence-electron chi connectivity index (χ2n) is 4.61. The molecule has 0 unspecified atom stereocenters. The number of nitrogens with zero attached hydrogens (tertiary/aromatic N) is 2. The second-order valence-corrected chi connectivity index (χ2v) is 5.53. The van der Waals surface area contributed by atoms with Gasteiger partial charge in [0.25, 0.3) is 0 Å². The van der Waals surface area contributed by atoms with E-state index in [9.17, 15) is 0 Å². The predicted molar refractivity (Wildman–Crippen MR) is 72.9 cm³/mol. The van der Waals surface area contributed by atoms with E-state index in [1.165, 1.54) is 25.7 Å². The summed E-state index contributed by atoms with van der Waals surface area (Å²) < 4.78 is 1.03. The Labute approximate surface area is 109 Å². The Morgan fingerprint density at radius 3 is 2.71 bits per heavy atom. The van der Waals surface area contributed by atoms with Crippen molar-refractivity contribution in [2.24, 2.45) is 0 Å². The van der Waals surface area contributed by atoms with Gasteiger partial charge in [-0.3, -0.25) is 0 Å². The summed E-state index contributed by atoms with van der Waals surface area (Å²) in [5, 5.41) is 1.15. The zero-order chi connectivity index (χ0) is 11.8. The van der Waals surface area contributed by atoms with Crippen LogP contribution in [0.3, 0.4) is 0 Å². The third kappa shape index (κ3) is 2.02. The Morgan fingerprint density at radius 2 is 1.94 bits per heavy atom. The number of halogens is 1. The number of aromatic nitrogens is 2. The van der Waals surface area contributed by atoms with E-state index in [1.54, 1.807) is 0 Å². The van der Waals surface area contributed by atoms with Gasteiger partial charge in [-0.05, 0) is 31.0 Å². The Hall–Kier alpha value is -1.16. The zero-order valence-corrected chi connectivity index (χ0v) is 11.1. The van der Waals surface area contributed by atoms with Crippen molar-refractivity contribution in [1.82, 2.24) is 9.97 Å². The van der Waals surface area contributed by atoms with Gasteiger partial charge in [-0.1, -0.05) is 28.8 Å². The van der Waals surface area contributed by atoms with E-state index in [-0.39, 0.29) is 0 Å². The van der Waals surface area contributed by atoms with Crippen LogP contribution in [0.15, 0.2) is 22.7 Å². The van der Waals surface area contributed by atoms with Crippen LogP contribution in [0.25, 0.3) is 10.9 Å². The Balaban J connectivity index is 2.21. The van der Waals surface area contributed by atoms with Gasteiger partial charge in [-0.15, -0.1) is 0 Å². The van der Waals surface area contributed by atoms with Crippen molar-refractivity contribution in [1.29, 1.82) is 0 Å². The molecule has 2 N–H and O–H groups in total. The highest BCUT2D eigenvalue weighted by molar-refractivity contribution is 9.10. The van der Waals surface area contributed by atoms with Gasteiger partial charge in [0.05, 0.1) is 11.2 Å². The molecule has 3 nitrogen and oxygen atoms in total. The summed E-state index contributed by atoms with van der Waals surface area (Å²) in [4.78, 5) is 8.77. The second kappa shape index (κ2) is 4.26. The molecular weight excluding hydrogens is 278 g/mol. The smallest absolute Gasteiger partial charge is 0.220 e. The lowest BCUT2D eigenvalue weighted by molar-refractivity contribution is 0.704. The van der Waals surface area contributed by atoms with Crippen LogP contribution in [0.2, 0.25) is 0 Å². The quantitative estimate of drug-likeness (QED) is 0.873. The van der Waals surface area contributed by atoms with Gasteiger partial charge in [0.1, 0.15) is 0 Å². The number of rotatable bonds is 1. The molecule has 17 heavy (non-hydrogen) atoms. The molecule has 1 aromatic carbocycles. The lowest BCUT2D eigenvalue weighted by atomic mass is 9.99. The van der Waals surface area contributed by atoms with E-state index in [1.807, 2.05) is 12.1 Å². The maximum atomic E-state index is 5.80. The Bertz CT molecular complexity index is 557. The van der Waals surface area contributed by atoms with Gasteiger partial charge >= 0.3 is 0 Å². The lowest BCUT2D eigenvalue weighted by Crippen LogP contribution is -2.04. The van der Waals surface area contributed by atoms with E-state index in [0.717, 1.165) is 21.1 Å². The van der Waals surface area contributed by atoms with E-state index in [2.05, 4.69) is 32.0 Å². The van der Waals surface area contributed by atoms with Crippen molar-refractivity contribution < 1.29 is 0 Å². The predicted octanol–water partition coefficient (Wildman–Crippen LogP) is 3.63. The summed E-state index contributed by atoms with van der Waals surface area (Å²) in [5.74, 6) is 0.946. The summed E-state index contributed by atoms with van der Waals surface area (Å²) in [7, 11) is 0. The fourth-order valence-corrected chi connectivity index (χ4v) is 3.01. The highest BCUT2D eigenvalue weighted by Gasteiger charge is 2.21. The first kappa shape index (κ1) is 11.0. The maximum Gasteiger partial charge on any atom is 0.220 e. The summed E-state index contributed by atoms with van der Waals surface area (Å²) in [6, 6.07) is 6.14. The fourth-order valence-electron chi connectivity index (χ4n) is 2.66. The van der Waals surface area contributed by atoms with Crippen LogP contribution in [0.1, 0.15) is 37.3 Å². The van der Waals surface area contributed by atoms with Crippen LogP contribution >= 0.6 is 15.9 Å². The number of fused-ring (bicyclic) bond motifs is 1. The van der Waals surface area contributed by atoms with Crippen LogP contribution in [0.5, 0.6) is 0 Å². The van der Waals surface area contributed by atoms with Crippen molar-refractivity contribution in [2.45, 2.75) is 31.6 Å². The van der Waals surface area contributed by atoms with Crippen molar-refractivity contribution in [2.75, 3.05) is 5.73 Å². The standard InChI is InChI=1S/C13H14BrN3/c14-9-5-6-10-11(7-9)16-13(15)17-12(10)8-3-1-2-4-8/h5-8H,1-4H2,(H2,15,16,17). The average molecular weight is 292 g/mol. The molecule has 0 bridgehead atoms. The van der Waals surface area contributed by atoms with E-state index in [4.69, 9.17) is 5.73 Å². The topological polar surface area (TPSA) is 51.8 Å². The number of nitrogen functional groups attached to an aromatic ring is 1.